The van der Waals surface area contributed by atoms with Crippen molar-refractivity contribution in [3.8, 4) is 22.9 Å². The zero-order valence-corrected chi connectivity index (χ0v) is 21.9. The van der Waals surface area contributed by atoms with Gasteiger partial charge >= 0.3 is 0 Å². The fraction of sp³-hybridized carbons (Fsp3) is 0.379. The van der Waals surface area contributed by atoms with E-state index in [1.807, 2.05) is 13.8 Å². The Hall–Kier alpha value is -2.89. The molecule has 3 heterocycles. The van der Waals surface area contributed by atoms with Gasteiger partial charge in [0.2, 0.25) is 11.8 Å². The van der Waals surface area contributed by atoms with Gasteiger partial charge in [-0.1, -0.05) is 35.4 Å². The van der Waals surface area contributed by atoms with E-state index in [9.17, 15) is 0 Å². The van der Waals surface area contributed by atoms with Crippen LogP contribution in [0.4, 0.5) is 0 Å². The van der Waals surface area contributed by atoms with Crippen molar-refractivity contribution in [2.45, 2.75) is 60.0 Å². The van der Waals surface area contributed by atoms with E-state index in [1.165, 1.54) is 30.4 Å². The van der Waals surface area contributed by atoms with Gasteiger partial charge in [-0.15, -0.1) is 0 Å². The van der Waals surface area contributed by atoms with Gasteiger partial charge < -0.3 is 25.7 Å². The van der Waals surface area contributed by atoms with Crippen molar-refractivity contribution in [1.29, 1.82) is 0 Å². The Morgan fingerprint density at radius 2 is 1.14 bits per heavy atom. The largest absolute Gasteiger partial charge is 1.00 e. The highest BCUT2D eigenvalue weighted by atomic mass is 35.5. The number of aryl methyl sites for hydroxylation is 4. The number of benzene rings is 2. The van der Waals surface area contributed by atoms with Gasteiger partial charge in [0, 0.05) is 11.1 Å². The van der Waals surface area contributed by atoms with Crippen molar-refractivity contribution in [2.24, 2.45) is 0 Å². The fourth-order valence-corrected chi connectivity index (χ4v) is 5.14. The summed E-state index contributed by atoms with van der Waals surface area (Å²) in [6, 6.07) is 16.7. The van der Waals surface area contributed by atoms with Gasteiger partial charge in [0.25, 0.3) is 0 Å². The maximum absolute atomic E-state index is 6.13. The standard InChI is InChI=1S/C29H34N3O2.ClH/c1-20-10-8-12-24(16-20)28-30-26(22(3)33-28)18-32(14-6-5-7-15-32)19-27-23(4)34-29(31-27)25-13-9-11-21(2)17-25;/h8-13,16-17H,5-7,14-15,18-19H2,1-4H3;1H/q+1;/p-1. The van der Waals surface area contributed by atoms with Crippen LogP contribution in [0.15, 0.2) is 57.4 Å². The van der Waals surface area contributed by atoms with Gasteiger partial charge in [-0.2, -0.15) is 0 Å². The molecule has 0 radical (unpaired) electrons. The Morgan fingerprint density at radius 1 is 0.686 bits per heavy atom. The van der Waals surface area contributed by atoms with Crippen LogP contribution in [0.1, 0.15) is 53.3 Å². The van der Waals surface area contributed by atoms with Gasteiger partial charge in [0.1, 0.15) is 36.0 Å². The number of halogens is 1. The van der Waals surface area contributed by atoms with Crippen LogP contribution in [0.3, 0.4) is 0 Å². The summed E-state index contributed by atoms with van der Waals surface area (Å²) in [4.78, 5) is 9.92. The second kappa shape index (κ2) is 10.4. The van der Waals surface area contributed by atoms with Crippen LogP contribution in [-0.4, -0.2) is 27.5 Å². The number of hydrogen-bond donors (Lipinski definition) is 0. The van der Waals surface area contributed by atoms with E-state index in [2.05, 4.69) is 62.4 Å². The van der Waals surface area contributed by atoms with Crippen LogP contribution in [0, 0.1) is 27.7 Å². The first-order valence-electron chi connectivity index (χ1n) is 12.3. The van der Waals surface area contributed by atoms with Gasteiger partial charge in [-0.3, -0.25) is 0 Å². The molecule has 0 atom stereocenters. The lowest BCUT2D eigenvalue weighted by Gasteiger charge is -2.40. The number of aromatic nitrogens is 2. The molecular formula is C29H34ClN3O2. The summed E-state index contributed by atoms with van der Waals surface area (Å²) in [5.74, 6) is 3.25. The molecule has 4 aromatic rings. The van der Waals surface area contributed by atoms with Crippen LogP contribution in [0.25, 0.3) is 22.9 Å². The molecule has 6 heteroatoms. The molecule has 5 rings (SSSR count). The lowest BCUT2D eigenvalue weighted by Crippen LogP contribution is -3.00. The van der Waals surface area contributed by atoms with Crippen molar-refractivity contribution >= 4 is 0 Å². The van der Waals surface area contributed by atoms with Crippen LogP contribution >= 0.6 is 0 Å². The van der Waals surface area contributed by atoms with Crippen molar-refractivity contribution in [2.75, 3.05) is 13.1 Å². The molecule has 0 N–H and O–H groups in total. The van der Waals surface area contributed by atoms with Crippen LogP contribution in [0.5, 0.6) is 0 Å². The minimum Gasteiger partial charge on any atom is -1.00 e. The Balaban J connectivity index is 0.00000289. The highest BCUT2D eigenvalue weighted by Crippen LogP contribution is 2.31. The number of rotatable bonds is 6. The van der Waals surface area contributed by atoms with Gasteiger partial charge in [0.05, 0.1) is 13.1 Å². The van der Waals surface area contributed by atoms with E-state index in [1.54, 1.807) is 0 Å². The van der Waals surface area contributed by atoms with Crippen LogP contribution in [0.2, 0.25) is 0 Å². The summed E-state index contributed by atoms with van der Waals surface area (Å²) in [5, 5.41) is 0. The normalized spacial score (nSPS) is 15.1. The Labute approximate surface area is 214 Å². The molecular weight excluding hydrogens is 458 g/mol. The number of nitrogens with zero attached hydrogens (tertiary/aromatic N) is 3. The molecule has 0 bridgehead atoms. The van der Waals surface area contributed by atoms with Crippen LogP contribution < -0.4 is 12.4 Å². The molecule has 0 unspecified atom stereocenters. The molecule has 2 aromatic carbocycles. The smallest absolute Gasteiger partial charge is 0.226 e. The Kier molecular flexibility index (Phi) is 7.48. The van der Waals surface area contributed by atoms with Gasteiger partial charge in [0.15, 0.2) is 0 Å². The maximum atomic E-state index is 6.13. The zero-order valence-electron chi connectivity index (χ0n) is 21.1. The maximum Gasteiger partial charge on any atom is 0.226 e. The Morgan fingerprint density at radius 3 is 1.57 bits per heavy atom. The zero-order chi connectivity index (χ0) is 23.7. The quantitative estimate of drug-likeness (QED) is 0.383. The number of hydrogen-bond acceptors (Lipinski definition) is 4. The van der Waals surface area contributed by atoms with Crippen LogP contribution in [-0.2, 0) is 13.1 Å². The average Bonchev–Trinajstić information content (AvgIpc) is 3.36. The molecule has 1 fully saturated rings. The molecule has 1 saturated heterocycles. The fourth-order valence-electron chi connectivity index (χ4n) is 5.14. The third kappa shape index (κ3) is 5.52. The lowest BCUT2D eigenvalue weighted by atomic mass is 10.1. The number of likely N-dealkylation sites (tertiary alicyclic amines) is 1. The van der Waals surface area contributed by atoms with Crippen molar-refractivity contribution < 1.29 is 25.7 Å². The molecule has 1 aliphatic heterocycles. The first-order valence-corrected chi connectivity index (χ1v) is 12.3. The first kappa shape index (κ1) is 25.2. The molecule has 35 heavy (non-hydrogen) atoms. The number of quaternary nitrogens is 1. The van der Waals surface area contributed by atoms with Gasteiger partial charge in [-0.05, 0) is 71.2 Å². The Bertz CT molecular complexity index is 1210. The molecule has 0 amide bonds. The molecule has 0 saturated carbocycles. The van der Waals surface area contributed by atoms with Gasteiger partial charge in [-0.25, -0.2) is 9.97 Å². The summed E-state index contributed by atoms with van der Waals surface area (Å²) in [6.45, 7) is 12.2. The molecule has 1 aliphatic rings. The monoisotopic (exact) mass is 491 g/mol. The molecule has 0 spiro atoms. The third-order valence-electron chi connectivity index (χ3n) is 7.05. The summed E-state index contributed by atoms with van der Waals surface area (Å²) in [6.07, 6.45) is 3.74. The highest BCUT2D eigenvalue weighted by molar-refractivity contribution is 5.55. The van der Waals surface area contributed by atoms with Crippen molar-refractivity contribution in [3.63, 3.8) is 0 Å². The predicted molar refractivity (Wildman–Crippen MR) is 134 cm³/mol. The predicted octanol–water partition coefficient (Wildman–Crippen LogP) is 3.94. The molecule has 0 aliphatic carbocycles. The minimum atomic E-state index is 0. The number of oxazole rings is 2. The summed E-state index contributed by atoms with van der Waals surface area (Å²) < 4.78 is 13.2. The second-order valence-corrected chi connectivity index (χ2v) is 9.95. The molecule has 184 valence electrons. The van der Waals surface area contributed by atoms with E-state index in [0.717, 1.165) is 64.7 Å². The molecule has 5 nitrogen and oxygen atoms in total. The van der Waals surface area contributed by atoms with E-state index >= 15 is 0 Å². The van der Waals surface area contributed by atoms with E-state index in [-0.39, 0.29) is 12.4 Å². The minimum absolute atomic E-state index is 0. The molecule has 2 aromatic heterocycles. The van der Waals surface area contributed by atoms with Crippen molar-refractivity contribution in [3.05, 3.63) is 82.6 Å². The summed E-state index contributed by atoms with van der Waals surface area (Å²) >= 11 is 0. The highest BCUT2D eigenvalue weighted by Gasteiger charge is 2.34. The first-order chi connectivity index (χ1) is 16.4. The second-order valence-electron chi connectivity index (χ2n) is 9.95. The van der Waals surface area contributed by atoms with E-state index in [4.69, 9.17) is 18.8 Å². The SMILES string of the molecule is Cc1cccc(-c2nc(C[N+]3(Cc4nc(-c5cccc(C)c5)oc4C)CCCCC3)c(C)o2)c1.[Cl-]. The average molecular weight is 492 g/mol. The summed E-state index contributed by atoms with van der Waals surface area (Å²) in [5.41, 5.74) is 6.60. The lowest BCUT2D eigenvalue weighted by molar-refractivity contribution is -0.958. The van der Waals surface area contributed by atoms with Crippen molar-refractivity contribution in [1.82, 2.24) is 9.97 Å². The number of piperidine rings is 1. The summed E-state index contributed by atoms with van der Waals surface area (Å²) in [7, 11) is 0. The third-order valence-corrected chi connectivity index (χ3v) is 7.05. The topological polar surface area (TPSA) is 52.1 Å². The van der Waals surface area contributed by atoms with E-state index in [0.29, 0.717) is 11.8 Å². The van der Waals surface area contributed by atoms with E-state index < -0.39 is 0 Å².